The summed E-state index contributed by atoms with van der Waals surface area (Å²) in [6.07, 6.45) is -1.11. The van der Waals surface area contributed by atoms with E-state index in [4.69, 9.17) is 9.47 Å². The number of ether oxygens (including phenoxy) is 2. The van der Waals surface area contributed by atoms with Gasteiger partial charge in [-0.05, 0) is 57.9 Å². The Morgan fingerprint density at radius 2 is 1.65 bits per heavy atom. The molecular formula is C28H36FN3O5. The van der Waals surface area contributed by atoms with Gasteiger partial charge in [-0.3, -0.25) is 9.69 Å². The number of alkyl carbamates (subject to hydrolysis) is 1. The number of rotatable bonds is 7. The standard InChI is InChI=1S/C28H36FN3O5/c1-19-17-32(27(35)37-28(3,4)5)20(2)16-31(19)25(22-11-13-23(29)14-12-22)24(33)15-30-26(34)36-18-21-9-7-6-8-10-21/h6-14,19-20,25H,15-18H2,1-5H3,(H,30,34)/t19-,20+,25?/m1/s1. The van der Waals surface area contributed by atoms with Crippen LogP contribution >= 0.6 is 0 Å². The van der Waals surface area contributed by atoms with E-state index in [-0.39, 0.29) is 31.0 Å². The van der Waals surface area contributed by atoms with Crippen LogP contribution in [-0.4, -0.2) is 65.1 Å². The van der Waals surface area contributed by atoms with Crippen LogP contribution in [0.5, 0.6) is 0 Å². The molecule has 1 aliphatic rings. The minimum atomic E-state index is -0.742. The van der Waals surface area contributed by atoms with Gasteiger partial charge in [0, 0.05) is 25.2 Å². The smallest absolute Gasteiger partial charge is 0.410 e. The van der Waals surface area contributed by atoms with Gasteiger partial charge in [-0.25, -0.2) is 14.0 Å². The number of halogens is 1. The molecule has 0 aliphatic carbocycles. The summed E-state index contributed by atoms with van der Waals surface area (Å²) in [5, 5.41) is 2.54. The highest BCUT2D eigenvalue weighted by molar-refractivity contribution is 5.89. The average Bonchev–Trinajstić information content (AvgIpc) is 2.84. The van der Waals surface area contributed by atoms with E-state index in [0.717, 1.165) is 5.56 Å². The van der Waals surface area contributed by atoms with Crippen molar-refractivity contribution in [2.45, 2.75) is 65.0 Å². The first-order valence-electron chi connectivity index (χ1n) is 12.4. The van der Waals surface area contributed by atoms with Crippen LogP contribution in [0, 0.1) is 5.82 Å². The van der Waals surface area contributed by atoms with Gasteiger partial charge in [0.25, 0.3) is 0 Å². The van der Waals surface area contributed by atoms with E-state index in [1.807, 2.05) is 69.9 Å². The Labute approximate surface area is 217 Å². The van der Waals surface area contributed by atoms with Gasteiger partial charge in [0.15, 0.2) is 5.78 Å². The van der Waals surface area contributed by atoms with Gasteiger partial charge >= 0.3 is 12.2 Å². The third-order valence-corrected chi connectivity index (χ3v) is 6.10. The van der Waals surface area contributed by atoms with E-state index in [0.29, 0.717) is 18.7 Å². The molecule has 1 N–H and O–H groups in total. The van der Waals surface area contributed by atoms with Crippen molar-refractivity contribution in [3.8, 4) is 0 Å². The third kappa shape index (κ3) is 8.01. The second kappa shape index (κ2) is 12.2. The van der Waals surface area contributed by atoms with Gasteiger partial charge in [-0.1, -0.05) is 42.5 Å². The lowest BCUT2D eigenvalue weighted by atomic mass is 9.96. The number of hydrogen-bond acceptors (Lipinski definition) is 6. The molecule has 2 aromatic carbocycles. The van der Waals surface area contributed by atoms with Crippen LogP contribution in [0.1, 0.15) is 51.8 Å². The SMILES string of the molecule is C[C@@H]1CN(C(=O)OC(C)(C)C)[C@@H](C)CN1C(C(=O)CNC(=O)OCc1ccccc1)c1ccc(F)cc1. The molecule has 0 bridgehead atoms. The zero-order valence-electron chi connectivity index (χ0n) is 22.1. The first kappa shape index (κ1) is 28.1. The van der Waals surface area contributed by atoms with Gasteiger partial charge in [0.2, 0.25) is 0 Å². The maximum atomic E-state index is 13.7. The third-order valence-electron chi connectivity index (χ3n) is 6.10. The predicted octanol–water partition coefficient (Wildman–Crippen LogP) is 4.69. The molecule has 200 valence electrons. The Bertz CT molecular complexity index is 1070. The van der Waals surface area contributed by atoms with Crippen molar-refractivity contribution in [3.63, 3.8) is 0 Å². The number of hydrogen-bond donors (Lipinski definition) is 1. The molecule has 1 heterocycles. The average molecular weight is 514 g/mol. The number of nitrogens with one attached hydrogen (secondary N) is 1. The highest BCUT2D eigenvalue weighted by Crippen LogP contribution is 2.29. The summed E-state index contributed by atoms with van der Waals surface area (Å²) in [5.74, 6) is -0.679. The summed E-state index contributed by atoms with van der Waals surface area (Å²) >= 11 is 0. The van der Waals surface area contributed by atoms with Crippen LogP contribution in [0.25, 0.3) is 0 Å². The monoisotopic (exact) mass is 513 g/mol. The molecule has 3 rings (SSSR count). The summed E-state index contributed by atoms with van der Waals surface area (Å²) in [7, 11) is 0. The number of Topliss-reactive ketones (excluding diaryl/α,β-unsaturated/α-hetero) is 1. The number of ketones is 1. The molecule has 0 radical (unpaired) electrons. The second-order valence-corrected chi connectivity index (χ2v) is 10.4. The molecule has 2 amide bonds. The van der Waals surface area contributed by atoms with E-state index in [9.17, 15) is 18.8 Å². The van der Waals surface area contributed by atoms with Gasteiger partial charge in [0.05, 0.1) is 12.6 Å². The Morgan fingerprint density at radius 3 is 2.27 bits per heavy atom. The quantitative estimate of drug-likeness (QED) is 0.578. The van der Waals surface area contributed by atoms with E-state index in [2.05, 4.69) is 5.32 Å². The maximum Gasteiger partial charge on any atom is 0.410 e. The van der Waals surface area contributed by atoms with Crippen molar-refractivity contribution in [1.82, 2.24) is 15.1 Å². The summed E-state index contributed by atoms with van der Waals surface area (Å²) in [6, 6.07) is 13.8. The maximum absolute atomic E-state index is 13.7. The number of amides is 2. The fourth-order valence-corrected chi connectivity index (χ4v) is 4.33. The van der Waals surface area contributed by atoms with Crippen LogP contribution in [0.15, 0.2) is 54.6 Å². The Balaban J connectivity index is 1.71. The van der Waals surface area contributed by atoms with Crippen molar-refractivity contribution < 1.29 is 28.2 Å². The van der Waals surface area contributed by atoms with Gasteiger partial charge in [-0.2, -0.15) is 0 Å². The lowest BCUT2D eigenvalue weighted by Crippen LogP contribution is -2.60. The molecule has 9 heteroatoms. The molecule has 1 unspecified atom stereocenters. The molecule has 37 heavy (non-hydrogen) atoms. The lowest BCUT2D eigenvalue weighted by Gasteiger charge is -2.46. The number of nitrogens with zero attached hydrogens (tertiary/aromatic N) is 2. The van der Waals surface area contributed by atoms with Gasteiger partial charge < -0.3 is 19.7 Å². The fraction of sp³-hybridized carbons (Fsp3) is 0.464. The zero-order chi connectivity index (χ0) is 27.2. The molecule has 1 aliphatic heterocycles. The summed E-state index contributed by atoms with van der Waals surface area (Å²) in [5.41, 5.74) is 0.819. The van der Waals surface area contributed by atoms with Crippen molar-refractivity contribution in [2.24, 2.45) is 0 Å². The van der Waals surface area contributed by atoms with E-state index >= 15 is 0 Å². The van der Waals surface area contributed by atoms with Gasteiger partial charge in [-0.15, -0.1) is 0 Å². The summed E-state index contributed by atoms with van der Waals surface area (Å²) in [6.45, 7) is 9.85. The Hall–Kier alpha value is -3.46. The van der Waals surface area contributed by atoms with Crippen LogP contribution < -0.4 is 5.32 Å². The van der Waals surface area contributed by atoms with Gasteiger partial charge in [0.1, 0.15) is 18.0 Å². The zero-order valence-corrected chi connectivity index (χ0v) is 22.1. The van der Waals surface area contributed by atoms with Crippen LogP contribution in [0.4, 0.5) is 14.0 Å². The van der Waals surface area contributed by atoms with E-state index < -0.39 is 29.6 Å². The molecule has 0 aromatic heterocycles. The molecule has 2 aromatic rings. The molecular weight excluding hydrogens is 477 g/mol. The first-order valence-corrected chi connectivity index (χ1v) is 12.4. The van der Waals surface area contributed by atoms with E-state index in [1.165, 1.54) is 12.1 Å². The fourth-order valence-electron chi connectivity index (χ4n) is 4.33. The number of benzene rings is 2. The van der Waals surface area contributed by atoms with Crippen molar-refractivity contribution in [1.29, 1.82) is 0 Å². The molecule has 0 saturated carbocycles. The first-order chi connectivity index (χ1) is 17.4. The highest BCUT2D eigenvalue weighted by atomic mass is 19.1. The number of piperazine rings is 1. The normalized spacial score (nSPS) is 19.1. The minimum Gasteiger partial charge on any atom is -0.445 e. The molecule has 8 nitrogen and oxygen atoms in total. The summed E-state index contributed by atoms with van der Waals surface area (Å²) < 4.78 is 24.4. The summed E-state index contributed by atoms with van der Waals surface area (Å²) in [4.78, 5) is 42.1. The Kier molecular flexibility index (Phi) is 9.26. The molecule has 3 atom stereocenters. The van der Waals surface area contributed by atoms with Crippen LogP contribution in [0.3, 0.4) is 0 Å². The van der Waals surface area contributed by atoms with Crippen molar-refractivity contribution >= 4 is 18.0 Å². The van der Waals surface area contributed by atoms with Crippen molar-refractivity contribution in [2.75, 3.05) is 19.6 Å². The van der Waals surface area contributed by atoms with E-state index in [1.54, 1.807) is 17.0 Å². The molecule has 1 fully saturated rings. The predicted molar refractivity (Wildman–Crippen MR) is 137 cm³/mol. The highest BCUT2D eigenvalue weighted by Gasteiger charge is 2.40. The minimum absolute atomic E-state index is 0.0867. The topological polar surface area (TPSA) is 88.2 Å². The Morgan fingerprint density at radius 1 is 1.00 bits per heavy atom. The number of carbonyl (C=O) groups is 3. The number of carbonyl (C=O) groups excluding carboxylic acids is 3. The lowest BCUT2D eigenvalue weighted by molar-refractivity contribution is -0.126. The molecule has 0 spiro atoms. The van der Waals surface area contributed by atoms with Crippen molar-refractivity contribution in [3.05, 3.63) is 71.5 Å². The van der Waals surface area contributed by atoms with Crippen LogP contribution in [0.2, 0.25) is 0 Å². The second-order valence-electron chi connectivity index (χ2n) is 10.4. The molecule has 1 saturated heterocycles. The largest absolute Gasteiger partial charge is 0.445 e. The van der Waals surface area contributed by atoms with Crippen LogP contribution in [-0.2, 0) is 20.9 Å².